The summed E-state index contributed by atoms with van der Waals surface area (Å²) in [4.78, 5) is 9.85. The monoisotopic (exact) mass is 317 g/mol. The van der Waals surface area contributed by atoms with Crippen LogP contribution in [0.3, 0.4) is 0 Å². The number of aryl methyl sites for hydroxylation is 1. The van der Waals surface area contributed by atoms with Crippen molar-refractivity contribution in [2.75, 3.05) is 37.7 Å². The number of ether oxygens (including phenoxy) is 1. The SMILES string of the molecule is CC.Cc1ccc(N2CC3CCC(C2)N3CC2(C)COC2)nc1. The van der Waals surface area contributed by atoms with E-state index in [2.05, 4.69) is 40.8 Å². The highest BCUT2D eigenvalue weighted by Crippen LogP contribution is 2.37. The lowest BCUT2D eigenvalue weighted by Crippen LogP contribution is -2.59. The van der Waals surface area contributed by atoms with Crippen molar-refractivity contribution in [3.05, 3.63) is 23.9 Å². The second-order valence-corrected chi connectivity index (χ2v) is 7.46. The summed E-state index contributed by atoms with van der Waals surface area (Å²) in [5.74, 6) is 1.15. The predicted molar refractivity (Wildman–Crippen MR) is 95.0 cm³/mol. The molecule has 128 valence electrons. The lowest BCUT2D eigenvalue weighted by Gasteiger charge is -2.48. The van der Waals surface area contributed by atoms with Gasteiger partial charge >= 0.3 is 0 Å². The topological polar surface area (TPSA) is 28.6 Å². The third kappa shape index (κ3) is 3.38. The molecule has 0 radical (unpaired) electrons. The van der Waals surface area contributed by atoms with E-state index in [0.717, 1.165) is 32.1 Å². The summed E-state index contributed by atoms with van der Waals surface area (Å²) in [7, 11) is 0. The van der Waals surface area contributed by atoms with Gasteiger partial charge in [-0.25, -0.2) is 4.98 Å². The van der Waals surface area contributed by atoms with Crippen molar-refractivity contribution in [2.24, 2.45) is 5.41 Å². The Morgan fingerprint density at radius 2 is 1.83 bits per heavy atom. The third-order valence-electron chi connectivity index (χ3n) is 5.32. The molecule has 4 heteroatoms. The van der Waals surface area contributed by atoms with E-state index in [1.807, 2.05) is 20.0 Å². The zero-order valence-electron chi connectivity index (χ0n) is 15.1. The Labute approximate surface area is 140 Å². The van der Waals surface area contributed by atoms with Crippen molar-refractivity contribution in [3.63, 3.8) is 0 Å². The van der Waals surface area contributed by atoms with Gasteiger partial charge in [0.15, 0.2) is 0 Å². The fraction of sp³-hybridized carbons (Fsp3) is 0.737. The molecule has 2 atom stereocenters. The van der Waals surface area contributed by atoms with Crippen molar-refractivity contribution in [3.8, 4) is 0 Å². The Balaban J connectivity index is 0.000000753. The first kappa shape index (κ1) is 16.7. The van der Waals surface area contributed by atoms with E-state index < -0.39 is 0 Å². The normalized spacial score (nSPS) is 28.8. The summed E-state index contributed by atoms with van der Waals surface area (Å²) in [6.07, 6.45) is 4.66. The molecule has 2 bridgehead atoms. The highest BCUT2D eigenvalue weighted by atomic mass is 16.5. The molecule has 2 unspecified atom stereocenters. The van der Waals surface area contributed by atoms with Crippen LogP contribution < -0.4 is 4.90 Å². The number of hydrogen-bond donors (Lipinski definition) is 0. The predicted octanol–water partition coefficient (Wildman–Crippen LogP) is 3.11. The van der Waals surface area contributed by atoms with Crippen LogP contribution in [0.4, 0.5) is 5.82 Å². The van der Waals surface area contributed by atoms with Gasteiger partial charge in [0.25, 0.3) is 0 Å². The minimum absolute atomic E-state index is 0.394. The van der Waals surface area contributed by atoms with Crippen LogP contribution in [0.15, 0.2) is 18.3 Å². The number of aromatic nitrogens is 1. The van der Waals surface area contributed by atoms with Crippen LogP contribution in [-0.2, 0) is 4.74 Å². The molecule has 4 heterocycles. The Kier molecular flexibility index (Phi) is 4.93. The van der Waals surface area contributed by atoms with Gasteiger partial charge < -0.3 is 9.64 Å². The molecule has 3 aliphatic rings. The Hall–Kier alpha value is -1.13. The van der Waals surface area contributed by atoms with Crippen LogP contribution in [-0.4, -0.2) is 54.8 Å². The second kappa shape index (κ2) is 6.78. The molecular weight excluding hydrogens is 286 g/mol. The lowest BCUT2D eigenvalue weighted by atomic mass is 9.87. The van der Waals surface area contributed by atoms with Gasteiger partial charge in [-0.3, -0.25) is 4.90 Å². The standard InChI is InChI=1S/C17H25N3O.C2H6/c1-13-3-6-16(18-7-13)19-8-14-4-5-15(9-19)20(14)10-17(2)11-21-12-17;1-2/h3,6-7,14-15H,4-5,8-12H2,1-2H3;1-2H3. The van der Waals surface area contributed by atoms with Crippen LogP contribution in [0.1, 0.15) is 39.2 Å². The Morgan fingerprint density at radius 3 is 2.30 bits per heavy atom. The summed E-state index contributed by atoms with van der Waals surface area (Å²) < 4.78 is 5.42. The van der Waals surface area contributed by atoms with Crippen molar-refractivity contribution in [1.29, 1.82) is 0 Å². The van der Waals surface area contributed by atoms with Crippen molar-refractivity contribution in [2.45, 2.75) is 52.6 Å². The van der Waals surface area contributed by atoms with Crippen molar-refractivity contribution < 1.29 is 4.74 Å². The first-order valence-corrected chi connectivity index (χ1v) is 9.14. The van der Waals surface area contributed by atoms with E-state index in [-0.39, 0.29) is 0 Å². The lowest BCUT2D eigenvalue weighted by molar-refractivity contribution is -0.120. The molecule has 3 aliphatic heterocycles. The van der Waals surface area contributed by atoms with Crippen LogP contribution >= 0.6 is 0 Å². The van der Waals surface area contributed by atoms with Gasteiger partial charge in [-0.15, -0.1) is 0 Å². The van der Waals surface area contributed by atoms with Crippen molar-refractivity contribution in [1.82, 2.24) is 9.88 Å². The molecule has 0 N–H and O–H groups in total. The molecule has 3 saturated heterocycles. The Bertz CT molecular complexity index is 498. The largest absolute Gasteiger partial charge is 0.380 e. The van der Waals surface area contributed by atoms with Crippen LogP contribution in [0.5, 0.6) is 0 Å². The van der Waals surface area contributed by atoms with E-state index in [9.17, 15) is 0 Å². The summed E-state index contributed by atoms with van der Waals surface area (Å²) >= 11 is 0. The number of piperazine rings is 1. The molecule has 1 aromatic rings. The number of fused-ring (bicyclic) bond motifs is 2. The second-order valence-electron chi connectivity index (χ2n) is 7.46. The molecule has 3 fully saturated rings. The molecule has 0 aliphatic carbocycles. The van der Waals surface area contributed by atoms with Crippen LogP contribution in [0.2, 0.25) is 0 Å². The minimum atomic E-state index is 0.394. The fourth-order valence-corrected chi connectivity index (χ4v) is 4.07. The maximum atomic E-state index is 5.42. The van der Waals surface area contributed by atoms with Gasteiger partial charge in [-0.2, -0.15) is 0 Å². The molecule has 4 nitrogen and oxygen atoms in total. The van der Waals surface area contributed by atoms with Gasteiger partial charge in [0.1, 0.15) is 5.82 Å². The first-order chi connectivity index (χ1) is 11.1. The summed E-state index contributed by atoms with van der Waals surface area (Å²) in [5, 5.41) is 0. The first-order valence-electron chi connectivity index (χ1n) is 9.14. The third-order valence-corrected chi connectivity index (χ3v) is 5.32. The molecule has 0 spiro atoms. The van der Waals surface area contributed by atoms with Gasteiger partial charge in [0, 0.05) is 43.3 Å². The van der Waals surface area contributed by atoms with Gasteiger partial charge in [-0.1, -0.05) is 26.8 Å². The highest BCUT2D eigenvalue weighted by Gasteiger charge is 2.45. The van der Waals surface area contributed by atoms with E-state index in [4.69, 9.17) is 4.74 Å². The number of rotatable bonds is 3. The quantitative estimate of drug-likeness (QED) is 0.856. The fourth-order valence-electron chi connectivity index (χ4n) is 4.07. The van der Waals surface area contributed by atoms with Crippen LogP contribution in [0.25, 0.3) is 0 Å². The molecule has 1 aromatic heterocycles. The molecule has 0 saturated carbocycles. The maximum absolute atomic E-state index is 5.42. The smallest absolute Gasteiger partial charge is 0.128 e. The molecule has 0 aromatic carbocycles. The van der Waals surface area contributed by atoms with Gasteiger partial charge in [0.05, 0.1) is 13.2 Å². The van der Waals surface area contributed by atoms with E-state index in [1.54, 1.807) is 0 Å². The zero-order valence-corrected chi connectivity index (χ0v) is 15.1. The van der Waals surface area contributed by atoms with E-state index in [1.165, 1.54) is 24.9 Å². The summed E-state index contributed by atoms with van der Waals surface area (Å²) in [6, 6.07) is 5.74. The summed E-state index contributed by atoms with van der Waals surface area (Å²) in [5.41, 5.74) is 1.63. The van der Waals surface area contributed by atoms with Crippen molar-refractivity contribution >= 4 is 5.82 Å². The number of nitrogens with zero attached hydrogens (tertiary/aromatic N) is 3. The zero-order chi connectivity index (χ0) is 16.4. The van der Waals surface area contributed by atoms with E-state index in [0.29, 0.717) is 17.5 Å². The minimum Gasteiger partial charge on any atom is -0.380 e. The number of pyridine rings is 1. The van der Waals surface area contributed by atoms with E-state index >= 15 is 0 Å². The number of hydrogen-bond acceptors (Lipinski definition) is 4. The number of anilines is 1. The average Bonchev–Trinajstić information content (AvgIpc) is 2.77. The maximum Gasteiger partial charge on any atom is 0.128 e. The molecule has 0 amide bonds. The molecular formula is C19H31N3O. The van der Waals surface area contributed by atoms with Crippen LogP contribution in [0, 0.1) is 12.3 Å². The molecule has 23 heavy (non-hydrogen) atoms. The van der Waals surface area contributed by atoms with Gasteiger partial charge in [0.2, 0.25) is 0 Å². The summed E-state index contributed by atoms with van der Waals surface area (Å²) in [6.45, 7) is 13.8. The Morgan fingerprint density at radius 1 is 1.17 bits per heavy atom. The highest BCUT2D eigenvalue weighted by molar-refractivity contribution is 5.41. The average molecular weight is 317 g/mol. The van der Waals surface area contributed by atoms with Gasteiger partial charge in [-0.05, 0) is 31.4 Å². The molecule has 4 rings (SSSR count).